The summed E-state index contributed by atoms with van der Waals surface area (Å²) in [7, 11) is 0. The molecule has 1 unspecified atom stereocenters. The molecule has 1 heterocycles. The van der Waals surface area contributed by atoms with Crippen molar-refractivity contribution < 1.29 is 9.53 Å². The number of nitrogens with two attached hydrogens (primary N) is 1. The largest absolute Gasteiger partial charge is 0.465 e. The summed E-state index contributed by atoms with van der Waals surface area (Å²) in [6, 6.07) is 5.80. The van der Waals surface area contributed by atoms with Crippen LogP contribution in [0.1, 0.15) is 25.0 Å². The Labute approximate surface area is 114 Å². The van der Waals surface area contributed by atoms with E-state index >= 15 is 0 Å². The van der Waals surface area contributed by atoms with E-state index in [0.717, 1.165) is 25.1 Å². The zero-order valence-electron chi connectivity index (χ0n) is 11.7. The Morgan fingerprint density at radius 1 is 1.47 bits per heavy atom. The van der Waals surface area contributed by atoms with Crippen molar-refractivity contribution in [3.8, 4) is 0 Å². The highest BCUT2D eigenvalue weighted by atomic mass is 16.5. The van der Waals surface area contributed by atoms with Crippen molar-refractivity contribution in [2.24, 2.45) is 5.73 Å². The van der Waals surface area contributed by atoms with Gasteiger partial charge >= 0.3 is 5.97 Å². The van der Waals surface area contributed by atoms with Gasteiger partial charge in [-0.3, -0.25) is 4.79 Å². The molecule has 0 spiro atoms. The van der Waals surface area contributed by atoms with Gasteiger partial charge in [0, 0.05) is 18.8 Å². The second-order valence-corrected chi connectivity index (χ2v) is 4.86. The van der Waals surface area contributed by atoms with E-state index in [-0.39, 0.29) is 5.97 Å². The molecule has 1 aliphatic rings. The highest BCUT2D eigenvalue weighted by molar-refractivity contribution is 5.76. The molecule has 0 fully saturated rings. The molecule has 0 bridgehead atoms. The molecule has 1 aliphatic heterocycles. The van der Waals surface area contributed by atoms with Crippen LogP contribution in [0.15, 0.2) is 18.2 Å². The van der Waals surface area contributed by atoms with Crippen molar-refractivity contribution in [2.45, 2.75) is 32.7 Å². The van der Waals surface area contributed by atoms with Gasteiger partial charge in [0.05, 0.1) is 6.61 Å². The van der Waals surface area contributed by atoms with Crippen LogP contribution in [0.4, 0.5) is 5.69 Å². The van der Waals surface area contributed by atoms with E-state index in [0.29, 0.717) is 13.0 Å². The minimum atomic E-state index is -0.568. The molecule has 2 N–H and O–H groups in total. The summed E-state index contributed by atoms with van der Waals surface area (Å²) in [6.07, 6.45) is 1.61. The SMILES string of the molecule is CCOC(=O)C(N)Cc1ccc2c(c1)CCN2CC. The van der Waals surface area contributed by atoms with Crippen LogP contribution >= 0.6 is 0 Å². The van der Waals surface area contributed by atoms with E-state index < -0.39 is 6.04 Å². The summed E-state index contributed by atoms with van der Waals surface area (Å²) in [4.78, 5) is 13.9. The van der Waals surface area contributed by atoms with Gasteiger partial charge in [-0.05, 0) is 43.9 Å². The first-order chi connectivity index (χ1) is 9.15. The van der Waals surface area contributed by atoms with Crippen LogP contribution in [0, 0.1) is 0 Å². The second kappa shape index (κ2) is 6.06. The van der Waals surface area contributed by atoms with Gasteiger partial charge in [-0.15, -0.1) is 0 Å². The van der Waals surface area contributed by atoms with Crippen LogP contribution < -0.4 is 10.6 Å². The number of anilines is 1. The maximum absolute atomic E-state index is 11.5. The fraction of sp³-hybridized carbons (Fsp3) is 0.533. The number of hydrogen-bond donors (Lipinski definition) is 1. The maximum atomic E-state index is 11.5. The average molecular weight is 262 g/mol. The minimum Gasteiger partial charge on any atom is -0.465 e. The van der Waals surface area contributed by atoms with Gasteiger partial charge in [0.15, 0.2) is 0 Å². The number of carbonyl (C=O) groups excluding carboxylic acids is 1. The molecule has 0 radical (unpaired) electrons. The number of esters is 1. The van der Waals surface area contributed by atoms with Crippen molar-refractivity contribution in [3.63, 3.8) is 0 Å². The average Bonchev–Trinajstić information content (AvgIpc) is 2.81. The Kier molecular flexibility index (Phi) is 4.43. The molecule has 0 aliphatic carbocycles. The quantitative estimate of drug-likeness (QED) is 0.817. The Morgan fingerprint density at radius 2 is 2.26 bits per heavy atom. The molecule has 1 atom stereocenters. The van der Waals surface area contributed by atoms with Gasteiger partial charge in [0.25, 0.3) is 0 Å². The van der Waals surface area contributed by atoms with E-state index in [2.05, 4.69) is 30.0 Å². The van der Waals surface area contributed by atoms with Crippen molar-refractivity contribution in [2.75, 3.05) is 24.6 Å². The van der Waals surface area contributed by atoms with E-state index in [1.807, 2.05) is 0 Å². The summed E-state index contributed by atoms with van der Waals surface area (Å²) in [6.45, 7) is 6.45. The van der Waals surface area contributed by atoms with Gasteiger partial charge in [-0.1, -0.05) is 12.1 Å². The predicted octanol–water partition coefficient (Wildman–Crippen LogP) is 1.50. The van der Waals surface area contributed by atoms with Crippen LogP contribution in [0.5, 0.6) is 0 Å². The molecule has 0 saturated heterocycles. The van der Waals surface area contributed by atoms with E-state index in [1.165, 1.54) is 11.3 Å². The van der Waals surface area contributed by atoms with Crippen molar-refractivity contribution >= 4 is 11.7 Å². The number of ether oxygens (including phenoxy) is 1. The fourth-order valence-electron chi connectivity index (χ4n) is 2.57. The fourth-order valence-corrected chi connectivity index (χ4v) is 2.57. The summed E-state index contributed by atoms with van der Waals surface area (Å²) in [5.41, 5.74) is 9.63. The molecule has 4 heteroatoms. The molecule has 1 aromatic rings. The molecule has 4 nitrogen and oxygen atoms in total. The van der Waals surface area contributed by atoms with E-state index in [1.54, 1.807) is 6.92 Å². The monoisotopic (exact) mass is 262 g/mol. The number of hydrogen-bond acceptors (Lipinski definition) is 4. The number of rotatable bonds is 5. The summed E-state index contributed by atoms with van der Waals surface area (Å²) >= 11 is 0. The lowest BCUT2D eigenvalue weighted by Gasteiger charge is -2.17. The smallest absolute Gasteiger partial charge is 0.323 e. The van der Waals surface area contributed by atoms with Crippen molar-refractivity contribution in [3.05, 3.63) is 29.3 Å². The molecule has 104 valence electrons. The predicted molar refractivity (Wildman–Crippen MR) is 76.3 cm³/mol. The summed E-state index contributed by atoms with van der Waals surface area (Å²) < 4.78 is 4.93. The Balaban J connectivity index is 2.05. The molecule has 2 rings (SSSR count). The Morgan fingerprint density at radius 3 is 2.95 bits per heavy atom. The number of benzene rings is 1. The number of carbonyl (C=O) groups is 1. The molecular weight excluding hydrogens is 240 g/mol. The molecule has 19 heavy (non-hydrogen) atoms. The third kappa shape index (κ3) is 3.07. The van der Waals surface area contributed by atoms with Crippen LogP contribution in [0.3, 0.4) is 0 Å². The highest BCUT2D eigenvalue weighted by Gasteiger charge is 2.20. The van der Waals surface area contributed by atoms with Gasteiger partial charge < -0.3 is 15.4 Å². The standard InChI is InChI=1S/C15H22N2O2/c1-3-17-8-7-12-9-11(5-6-14(12)17)10-13(16)15(18)19-4-2/h5-6,9,13H,3-4,7-8,10,16H2,1-2H3. The first kappa shape index (κ1) is 13.9. The molecule has 1 aromatic carbocycles. The number of likely N-dealkylation sites (N-methyl/N-ethyl adjacent to an activating group) is 1. The maximum Gasteiger partial charge on any atom is 0.323 e. The summed E-state index contributed by atoms with van der Waals surface area (Å²) in [5.74, 6) is -0.321. The van der Waals surface area contributed by atoms with E-state index in [9.17, 15) is 4.79 Å². The number of nitrogens with zero attached hydrogens (tertiary/aromatic N) is 1. The third-order valence-electron chi connectivity index (χ3n) is 3.56. The van der Waals surface area contributed by atoms with Crippen LogP contribution in [-0.4, -0.2) is 31.7 Å². The first-order valence-electron chi connectivity index (χ1n) is 6.94. The topological polar surface area (TPSA) is 55.6 Å². The normalized spacial score (nSPS) is 15.2. The third-order valence-corrected chi connectivity index (χ3v) is 3.56. The van der Waals surface area contributed by atoms with Crippen LogP contribution in [-0.2, 0) is 22.4 Å². The zero-order valence-corrected chi connectivity index (χ0v) is 11.7. The lowest BCUT2D eigenvalue weighted by Crippen LogP contribution is -2.34. The lowest BCUT2D eigenvalue weighted by molar-refractivity contribution is -0.144. The minimum absolute atomic E-state index is 0.321. The first-order valence-corrected chi connectivity index (χ1v) is 6.94. The van der Waals surface area contributed by atoms with Crippen molar-refractivity contribution in [1.29, 1.82) is 0 Å². The van der Waals surface area contributed by atoms with Gasteiger partial charge in [-0.2, -0.15) is 0 Å². The highest BCUT2D eigenvalue weighted by Crippen LogP contribution is 2.28. The van der Waals surface area contributed by atoms with Gasteiger partial charge in [0.2, 0.25) is 0 Å². The molecule has 0 saturated carbocycles. The second-order valence-electron chi connectivity index (χ2n) is 4.86. The van der Waals surface area contributed by atoms with Crippen molar-refractivity contribution in [1.82, 2.24) is 0 Å². The van der Waals surface area contributed by atoms with Crippen LogP contribution in [0.25, 0.3) is 0 Å². The van der Waals surface area contributed by atoms with E-state index in [4.69, 9.17) is 10.5 Å². The van der Waals surface area contributed by atoms with Gasteiger partial charge in [0.1, 0.15) is 6.04 Å². The Bertz CT molecular complexity index is 459. The molecular formula is C15H22N2O2. The zero-order chi connectivity index (χ0) is 13.8. The van der Waals surface area contributed by atoms with Crippen LogP contribution in [0.2, 0.25) is 0 Å². The number of fused-ring (bicyclic) bond motifs is 1. The Hall–Kier alpha value is -1.55. The van der Waals surface area contributed by atoms with Gasteiger partial charge in [-0.25, -0.2) is 0 Å². The lowest BCUT2D eigenvalue weighted by atomic mass is 10.0. The summed E-state index contributed by atoms with van der Waals surface area (Å²) in [5, 5.41) is 0. The molecule has 0 aromatic heterocycles. The molecule has 0 amide bonds.